The zero-order valence-corrected chi connectivity index (χ0v) is 7.62. The van der Waals surface area contributed by atoms with Gasteiger partial charge in [0.15, 0.2) is 0 Å². The van der Waals surface area contributed by atoms with Gasteiger partial charge in [0.25, 0.3) is 0 Å². The number of piperidine rings is 1. The summed E-state index contributed by atoms with van der Waals surface area (Å²) < 4.78 is 5.00. The van der Waals surface area contributed by atoms with Gasteiger partial charge in [0, 0.05) is 20.2 Å². The van der Waals surface area contributed by atoms with Crippen molar-refractivity contribution in [1.29, 1.82) is 0 Å². The number of hydrogen-bond acceptors (Lipinski definition) is 3. The molecule has 0 bridgehead atoms. The highest BCUT2D eigenvalue weighted by molar-refractivity contribution is 5.08. The van der Waals surface area contributed by atoms with Crippen LogP contribution in [0.5, 0.6) is 0 Å². The van der Waals surface area contributed by atoms with Crippen LogP contribution in [0.4, 0.5) is 0 Å². The summed E-state index contributed by atoms with van der Waals surface area (Å²) in [5.74, 6) is 0.608. The van der Waals surface area contributed by atoms with Crippen molar-refractivity contribution in [3.63, 3.8) is 0 Å². The lowest BCUT2D eigenvalue weighted by molar-refractivity contribution is 0.0379. The van der Waals surface area contributed by atoms with Crippen LogP contribution in [0.3, 0.4) is 0 Å². The predicted molar refractivity (Wildman–Crippen MR) is 46.0 cm³/mol. The molecule has 0 aromatic rings. The molecule has 1 N–H and O–H groups in total. The molecule has 3 heteroatoms. The average Bonchev–Trinajstić information content (AvgIpc) is 2.71. The van der Waals surface area contributed by atoms with Crippen LogP contribution in [0.2, 0.25) is 0 Å². The number of fused-ring (bicyclic) bond motifs is 1. The number of hydrogen-bond donors (Lipinski definition) is 1. The van der Waals surface area contributed by atoms with Crippen LogP contribution in [-0.2, 0) is 4.74 Å². The van der Waals surface area contributed by atoms with E-state index in [1.165, 1.54) is 6.42 Å². The van der Waals surface area contributed by atoms with Crippen molar-refractivity contribution < 1.29 is 9.84 Å². The lowest BCUT2D eigenvalue weighted by atomic mass is 10.1. The number of β-amino-alcohol motifs (C(OH)–C–C–N with tert-alkyl or cyclic N) is 1. The Bertz CT molecular complexity index is 174. The molecule has 1 saturated heterocycles. The number of methoxy groups -OCH3 is 1. The third kappa shape index (κ3) is 1.49. The van der Waals surface area contributed by atoms with E-state index < -0.39 is 0 Å². The Morgan fingerprint density at radius 2 is 2.50 bits per heavy atom. The SMILES string of the molecule is COCCN1CC[C@@H]2C[C@]2(O)C1. The second-order valence-corrected chi connectivity index (χ2v) is 4.06. The molecule has 0 amide bonds. The van der Waals surface area contributed by atoms with Gasteiger partial charge in [-0.3, -0.25) is 4.90 Å². The number of likely N-dealkylation sites (tertiary alicyclic amines) is 1. The summed E-state index contributed by atoms with van der Waals surface area (Å²) in [5.41, 5.74) is -0.314. The summed E-state index contributed by atoms with van der Waals surface area (Å²) in [6.45, 7) is 3.74. The zero-order chi connectivity index (χ0) is 8.60. The fourth-order valence-electron chi connectivity index (χ4n) is 2.15. The van der Waals surface area contributed by atoms with Gasteiger partial charge in [0.2, 0.25) is 0 Å². The highest BCUT2D eigenvalue weighted by atomic mass is 16.5. The van der Waals surface area contributed by atoms with Gasteiger partial charge in [-0.15, -0.1) is 0 Å². The number of ether oxygens (including phenoxy) is 1. The molecular weight excluding hydrogens is 154 g/mol. The molecule has 2 rings (SSSR count). The van der Waals surface area contributed by atoms with Crippen molar-refractivity contribution in [2.24, 2.45) is 5.92 Å². The fourth-order valence-corrected chi connectivity index (χ4v) is 2.15. The van der Waals surface area contributed by atoms with Gasteiger partial charge in [0.05, 0.1) is 12.2 Å². The van der Waals surface area contributed by atoms with Crippen LogP contribution in [0.1, 0.15) is 12.8 Å². The minimum absolute atomic E-state index is 0.314. The molecule has 0 spiro atoms. The summed E-state index contributed by atoms with van der Waals surface area (Å²) >= 11 is 0. The fraction of sp³-hybridized carbons (Fsp3) is 1.00. The van der Waals surface area contributed by atoms with Crippen LogP contribution in [-0.4, -0.2) is 49.0 Å². The van der Waals surface area contributed by atoms with E-state index >= 15 is 0 Å². The molecule has 0 unspecified atom stereocenters. The van der Waals surface area contributed by atoms with Crippen LogP contribution >= 0.6 is 0 Å². The third-order valence-electron chi connectivity index (χ3n) is 3.10. The molecule has 1 heterocycles. The molecule has 70 valence electrons. The topological polar surface area (TPSA) is 32.7 Å². The third-order valence-corrected chi connectivity index (χ3v) is 3.10. The predicted octanol–water partition coefficient (Wildman–Crippen LogP) is 0.0895. The molecule has 2 aliphatic rings. The minimum atomic E-state index is -0.314. The Balaban J connectivity index is 1.78. The molecule has 2 atom stereocenters. The van der Waals surface area contributed by atoms with E-state index in [1.54, 1.807) is 7.11 Å². The van der Waals surface area contributed by atoms with Gasteiger partial charge in [-0.1, -0.05) is 0 Å². The Morgan fingerprint density at radius 1 is 1.67 bits per heavy atom. The summed E-state index contributed by atoms with van der Waals surface area (Å²) in [6, 6.07) is 0. The quantitative estimate of drug-likeness (QED) is 0.653. The highest BCUT2D eigenvalue weighted by Crippen LogP contribution is 2.48. The van der Waals surface area contributed by atoms with Crippen molar-refractivity contribution in [3.8, 4) is 0 Å². The molecule has 0 radical (unpaired) electrons. The van der Waals surface area contributed by atoms with E-state index in [9.17, 15) is 5.11 Å². The van der Waals surface area contributed by atoms with E-state index in [0.717, 1.165) is 32.7 Å². The second kappa shape index (κ2) is 2.98. The minimum Gasteiger partial charge on any atom is -0.388 e. The largest absolute Gasteiger partial charge is 0.388 e. The maximum absolute atomic E-state index is 9.84. The molecule has 12 heavy (non-hydrogen) atoms. The standard InChI is InChI=1S/C9H17NO2/c1-12-5-4-10-3-2-8-6-9(8,11)7-10/h8,11H,2-7H2,1H3/t8-,9+/m1/s1. The van der Waals surface area contributed by atoms with Gasteiger partial charge in [-0.2, -0.15) is 0 Å². The van der Waals surface area contributed by atoms with Crippen LogP contribution in [0.25, 0.3) is 0 Å². The van der Waals surface area contributed by atoms with Gasteiger partial charge < -0.3 is 9.84 Å². The summed E-state index contributed by atoms with van der Waals surface area (Å²) in [7, 11) is 1.72. The Kier molecular flexibility index (Phi) is 2.10. The first-order valence-corrected chi connectivity index (χ1v) is 4.68. The summed E-state index contributed by atoms with van der Waals surface area (Å²) in [5, 5.41) is 9.84. The smallest absolute Gasteiger partial charge is 0.0807 e. The second-order valence-electron chi connectivity index (χ2n) is 4.06. The van der Waals surface area contributed by atoms with Gasteiger partial charge in [-0.25, -0.2) is 0 Å². The molecule has 1 saturated carbocycles. The van der Waals surface area contributed by atoms with Crippen LogP contribution in [0.15, 0.2) is 0 Å². The van der Waals surface area contributed by atoms with Crippen molar-refractivity contribution >= 4 is 0 Å². The van der Waals surface area contributed by atoms with Crippen LogP contribution < -0.4 is 0 Å². The molecule has 3 nitrogen and oxygen atoms in total. The first-order chi connectivity index (χ1) is 5.74. The van der Waals surface area contributed by atoms with E-state index in [2.05, 4.69) is 4.90 Å². The van der Waals surface area contributed by atoms with E-state index in [-0.39, 0.29) is 5.60 Å². The molecule has 1 aliphatic carbocycles. The lowest BCUT2D eigenvalue weighted by Gasteiger charge is -2.29. The monoisotopic (exact) mass is 171 g/mol. The van der Waals surface area contributed by atoms with Gasteiger partial charge >= 0.3 is 0 Å². The number of rotatable bonds is 3. The van der Waals surface area contributed by atoms with E-state index in [4.69, 9.17) is 4.74 Å². The van der Waals surface area contributed by atoms with E-state index in [1.807, 2.05) is 0 Å². The maximum Gasteiger partial charge on any atom is 0.0807 e. The van der Waals surface area contributed by atoms with Crippen molar-refractivity contribution in [1.82, 2.24) is 4.90 Å². The first kappa shape index (κ1) is 8.48. The van der Waals surface area contributed by atoms with Crippen molar-refractivity contribution in [2.45, 2.75) is 18.4 Å². The molecule has 0 aromatic heterocycles. The summed E-state index contributed by atoms with van der Waals surface area (Å²) in [4.78, 5) is 2.30. The molecule has 0 aromatic carbocycles. The van der Waals surface area contributed by atoms with Crippen molar-refractivity contribution in [3.05, 3.63) is 0 Å². The zero-order valence-electron chi connectivity index (χ0n) is 7.62. The molecule has 1 aliphatic heterocycles. The number of aliphatic hydroxyl groups is 1. The Morgan fingerprint density at radius 3 is 3.17 bits per heavy atom. The normalized spacial score (nSPS) is 41.0. The van der Waals surface area contributed by atoms with Gasteiger partial charge in [0.1, 0.15) is 0 Å². The lowest BCUT2D eigenvalue weighted by Crippen LogP contribution is -2.41. The molecular formula is C9H17NO2. The Hall–Kier alpha value is -0.120. The summed E-state index contributed by atoms with van der Waals surface area (Å²) in [6.07, 6.45) is 2.19. The van der Waals surface area contributed by atoms with Crippen LogP contribution in [0, 0.1) is 5.92 Å². The molecule has 2 fully saturated rings. The number of nitrogens with zero attached hydrogens (tertiary/aromatic N) is 1. The Labute approximate surface area is 73.3 Å². The highest BCUT2D eigenvalue weighted by Gasteiger charge is 2.55. The van der Waals surface area contributed by atoms with Gasteiger partial charge in [-0.05, 0) is 25.3 Å². The van der Waals surface area contributed by atoms with Crippen molar-refractivity contribution in [2.75, 3.05) is 33.4 Å². The first-order valence-electron chi connectivity index (χ1n) is 4.68. The maximum atomic E-state index is 9.84. The average molecular weight is 171 g/mol. The van der Waals surface area contributed by atoms with E-state index in [0.29, 0.717) is 5.92 Å².